The quantitative estimate of drug-likeness (QED) is 0.900. The third kappa shape index (κ3) is 3.57. The number of hydrogen-bond acceptors (Lipinski definition) is 3. The van der Waals surface area contributed by atoms with Crippen LogP contribution >= 0.6 is 0 Å². The van der Waals surface area contributed by atoms with Gasteiger partial charge in [-0.2, -0.15) is 5.26 Å². The number of nitrogens with two attached hydrogens (primary N) is 1. The number of rotatable bonds is 5. The fourth-order valence-electron chi connectivity index (χ4n) is 2.55. The van der Waals surface area contributed by atoms with Crippen LogP contribution in [0.25, 0.3) is 0 Å². The van der Waals surface area contributed by atoms with Gasteiger partial charge in [0, 0.05) is 0 Å². The van der Waals surface area contributed by atoms with Crippen molar-refractivity contribution in [1.29, 1.82) is 5.26 Å². The molecule has 0 aromatic heterocycles. The molecule has 0 saturated heterocycles. The van der Waals surface area contributed by atoms with Gasteiger partial charge in [0.05, 0.1) is 6.07 Å². The third-order valence-corrected chi connectivity index (χ3v) is 4.24. The number of benzene rings is 1. The van der Waals surface area contributed by atoms with Gasteiger partial charge in [-0.25, -0.2) is 0 Å². The molecule has 114 valence electrons. The molecule has 1 aliphatic carbocycles. The zero-order chi connectivity index (χ0) is 15.7. The van der Waals surface area contributed by atoms with Crippen molar-refractivity contribution in [2.45, 2.75) is 57.9 Å². The molecule has 1 fully saturated rings. The molecule has 1 aliphatic rings. The van der Waals surface area contributed by atoms with Gasteiger partial charge in [0.1, 0.15) is 17.9 Å². The predicted octanol–water partition coefficient (Wildman–Crippen LogP) is 3.56. The molecular formula is C18H26N2O. The van der Waals surface area contributed by atoms with E-state index in [1.807, 2.05) is 6.07 Å². The van der Waals surface area contributed by atoms with E-state index in [4.69, 9.17) is 10.5 Å². The lowest BCUT2D eigenvalue weighted by molar-refractivity contribution is 0.232. The highest BCUT2D eigenvalue weighted by molar-refractivity contribution is 5.42. The molecule has 0 amide bonds. The summed E-state index contributed by atoms with van der Waals surface area (Å²) in [4.78, 5) is 0. The van der Waals surface area contributed by atoms with Crippen LogP contribution in [0.1, 0.15) is 51.7 Å². The van der Waals surface area contributed by atoms with Crippen molar-refractivity contribution in [3.63, 3.8) is 0 Å². The van der Waals surface area contributed by atoms with Gasteiger partial charge >= 0.3 is 0 Å². The molecule has 1 unspecified atom stereocenters. The molecule has 0 radical (unpaired) electrons. The summed E-state index contributed by atoms with van der Waals surface area (Å²) in [6.07, 6.45) is 3.08. The molecular weight excluding hydrogens is 260 g/mol. The summed E-state index contributed by atoms with van der Waals surface area (Å²) in [5, 5.41) is 9.33. The Morgan fingerprint density at radius 2 is 2.00 bits per heavy atom. The molecule has 0 heterocycles. The second-order valence-corrected chi connectivity index (χ2v) is 7.15. The number of aryl methyl sites for hydroxylation is 1. The van der Waals surface area contributed by atoms with Gasteiger partial charge in [0.2, 0.25) is 0 Å². The first-order valence-corrected chi connectivity index (χ1v) is 7.76. The van der Waals surface area contributed by atoms with Gasteiger partial charge in [0.15, 0.2) is 0 Å². The molecule has 1 saturated carbocycles. The Kier molecular flexibility index (Phi) is 4.30. The van der Waals surface area contributed by atoms with Crippen LogP contribution in [0.5, 0.6) is 5.75 Å². The molecule has 0 spiro atoms. The molecule has 3 nitrogen and oxygen atoms in total. The van der Waals surface area contributed by atoms with Gasteiger partial charge in [-0.15, -0.1) is 0 Å². The van der Waals surface area contributed by atoms with Crippen molar-refractivity contribution in [1.82, 2.24) is 0 Å². The maximum Gasteiger partial charge on any atom is 0.141 e. The summed E-state index contributed by atoms with van der Waals surface area (Å²) in [7, 11) is 0. The number of hydrogen-bond donors (Lipinski definition) is 1. The summed E-state index contributed by atoms with van der Waals surface area (Å²) in [5.74, 6) is 1.14. The van der Waals surface area contributed by atoms with Crippen LogP contribution in [0.15, 0.2) is 18.2 Å². The molecule has 0 aliphatic heterocycles. The Bertz CT molecular complexity index is 549. The van der Waals surface area contributed by atoms with Crippen LogP contribution in [0.3, 0.4) is 0 Å². The van der Waals surface area contributed by atoms with E-state index in [0.29, 0.717) is 0 Å². The number of nitriles is 1. The summed E-state index contributed by atoms with van der Waals surface area (Å²) in [5.41, 5.74) is 7.81. The van der Waals surface area contributed by atoms with Gasteiger partial charge in [0.25, 0.3) is 0 Å². The molecule has 1 aromatic rings. The maximum atomic E-state index is 9.33. The smallest absolute Gasteiger partial charge is 0.141 e. The van der Waals surface area contributed by atoms with E-state index in [0.717, 1.165) is 25.0 Å². The normalized spacial score (nSPS) is 17.9. The largest absolute Gasteiger partial charge is 0.490 e. The van der Waals surface area contributed by atoms with Crippen molar-refractivity contribution in [2.75, 3.05) is 6.61 Å². The van der Waals surface area contributed by atoms with E-state index in [-0.39, 0.29) is 17.9 Å². The standard InChI is InChI=1S/C18H26N2O/c1-5-13-6-9-16(15(10-13)17(2,3)4)21-12-18(20,11-19)14-7-8-14/h6,9-10,14H,5,7-8,12,20H2,1-4H3. The highest BCUT2D eigenvalue weighted by Gasteiger charge is 2.43. The molecule has 2 N–H and O–H groups in total. The van der Waals surface area contributed by atoms with E-state index in [1.165, 1.54) is 11.1 Å². The molecule has 2 rings (SSSR count). The molecule has 0 bridgehead atoms. The molecule has 21 heavy (non-hydrogen) atoms. The van der Waals surface area contributed by atoms with Crippen LogP contribution in [-0.2, 0) is 11.8 Å². The first kappa shape index (κ1) is 15.9. The Labute approximate surface area is 128 Å². The van der Waals surface area contributed by atoms with Crippen molar-refractivity contribution in [3.05, 3.63) is 29.3 Å². The average Bonchev–Trinajstić information content (AvgIpc) is 3.28. The molecule has 1 aromatic carbocycles. The number of ether oxygens (including phenoxy) is 1. The lowest BCUT2D eigenvalue weighted by Gasteiger charge is -2.27. The van der Waals surface area contributed by atoms with Crippen molar-refractivity contribution in [2.24, 2.45) is 11.7 Å². The average molecular weight is 286 g/mol. The van der Waals surface area contributed by atoms with Crippen LogP contribution in [0.2, 0.25) is 0 Å². The lowest BCUT2D eigenvalue weighted by atomic mass is 9.85. The molecule has 1 atom stereocenters. The second-order valence-electron chi connectivity index (χ2n) is 7.15. The first-order valence-electron chi connectivity index (χ1n) is 7.76. The highest BCUT2D eigenvalue weighted by atomic mass is 16.5. The predicted molar refractivity (Wildman–Crippen MR) is 85.3 cm³/mol. The lowest BCUT2D eigenvalue weighted by Crippen LogP contribution is -2.46. The Balaban J connectivity index is 2.22. The number of nitrogens with zero attached hydrogens (tertiary/aromatic N) is 1. The summed E-state index contributed by atoms with van der Waals surface area (Å²) in [6.45, 7) is 8.94. The van der Waals surface area contributed by atoms with E-state index in [9.17, 15) is 5.26 Å². The minimum atomic E-state index is -0.849. The van der Waals surface area contributed by atoms with Crippen molar-refractivity contribution >= 4 is 0 Å². The minimum absolute atomic E-state index is 0.00396. The molecule has 3 heteroatoms. The van der Waals surface area contributed by atoms with Crippen LogP contribution in [0, 0.1) is 17.2 Å². The van der Waals surface area contributed by atoms with E-state index >= 15 is 0 Å². The Morgan fingerprint density at radius 1 is 1.33 bits per heavy atom. The van der Waals surface area contributed by atoms with E-state index in [2.05, 4.69) is 45.9 Å². The van der Waals surface area contributed by atoms with Gasteiger partial charge in [-0.05, 0) is 47.8 Å². The van der Waals surface area contributed by atoms with Crippen LogP contribution in [-0.4, -0.2) is 12.1 Å². The SMILES string of the molecule is CCc1ccc(OCC(N)(C#N)C2CC2)c(C(C)(C)C)c1. The summed E-state index contributed by atoms with van der Waals surface area (Å²) < 4.78 is 5.97. The zero-order valence-electron chi connectivity index (χ0n) is 13.6. The van der Waals surface area contributed by atoms with Crippen LogP contribution in [0.4, 0.5) is 0 Å². The maximum absolute atomic E-state index is 9.33. The zero-order valence-corrected chi connectivity index (χ0v) is 13.6. The topological polar surface area (TPSA) is 59.0 Å². The van der Waals surface area contributed by atoms with Crippen LogP contribution < -0.4 is 10.5 Å². The highest BCUT2D eigenvalue weighted by Crippen LogP contribution is 2.39. The minimum Gasteiger partial charge on any atom is -0.490 e. The fraction of sp³-hybridized carbons (Fsp3) is 0.611. The Hall–Kier alpha value is -1.53. The van der Waals surface area contributed by atoms with E-state index in [1.54, 1.807) is 0 Å². The third-order valence-electron chi connectivity index (χ3n) is 4.24. The Morgan fingerprint density at radius 3 is 2.48 bits per heavy atom. The summed E-state index contributed by atoms with van der Waals surface area (Å²) in [6, 6.07) is 8.56. The second kappa shape index (κ2) is 5.69. The van der Waals surface area contributed by atoms with E-state index < -0.39 is 5.54 Å². The van der Waals surface area contributed by atoms with Crippen molar-refractivity contribution < 1.29 is 4.74 Å². The van der Waals surface area contributed by atoms with Gasteiger partial charge < -0.3 is 10.5 Å². The van der Waals surface area contributed by atoms with Gasteiger partial charge in [-0.3, -0.25) is 0 Å². The van der Waals surface area contributed by atoms with Gasteiger partial charge in [-0.1, -0.05) is 39.8 Å². The summed E-state index contributed by atoms with van der Waals surface area (Å²) >= 11 is 0. The first-order chi connectivity index (χ1) is 9.80. The monoisotopic (exact) mass is 286 g/mol. The fourth-order valence-corrected chi connectivity index (χ4v) is 2.55. The van der Waals surface area contributed by atoms with Crippen molar-refractivity contribution in [3.8, 4) is 11.8 Å².